The van der Waals surface area contributed by atoms with E-state index in [0.29, 0.717) is 38.9 Å². The zero-order valence-electron chi connectivity index (χ0n) is 16.0. The zero-order chi connectivity index (χ0) is 20.1. The third-order valence-electron chi connectivity index (χ3n) is 4.72. The largest absolute Gasteiger partial charge is 0.507 e. The number of ketones is 1. The van der Waals surface area contributed by atoms with Crippen LogP contribution in [0.15, 0.2) is 21.9 Å². The summed E-state index contributed by atoms with van der Waals surface area (Å²) in [4.78, 5) is 25.4. The Hall–Kier alpha value is -2.60. The molecule has 2 N–H and O–H groups in total. The number of hydrogen-bond acceptors (Lipinski definition) is 5. The van der Waals surface area contributed by atoms with Gasteiger partial charge >= 0.3 is 5.97 Å². The Morgan fingerprint density at radius 2 is 1.93 bits per heavy atom. The van der Waals surface area contributed by atoms with Gasteiger partial charge in [-0.2, -0.15) is 0 Å². The van der Waals surface area contributed by atoms with Crippen molar-refractivity contribution in [2.24, 2.45) is 0 Å². The number of aryl methyl sites for hydroxylation is 1. The molecule has 0 unspecified atom stereocenters. The van der Waals surface area contributed by atoms with Crippen LogP contribution in [0.4, 0.5) is 0 Å². The molecule has 5 nitrogen and oxygen atoms in total. The number of carboxylic acids is 1. The van der Waals surface area contributed by atoms with Gasteiger partial charge in [0.05, 0.1) is 15.8 Å². The lowest BCUT2D eigenvalue weighted by atomic mass is 9.78. The molecule has 3 rings (SSSR count). The third kappa shape index (κ3) is 2.94. The minimum Gasteiger partial charge on any atom is -0.507 e. The van der Waals surface area contributed by atoms with Crippen molar-refractivity contribution in [3.8, 4) is 5.75 Å². The van der Waals surface area contributed by atoms with E-state index < -0.39 is 11.4 Å². The van der Waals surface area contributed by atoms with Gasteiger partial charge in [0.25, 0.3) is 0 Å². The van der Waals surface area contributed by atoms with E-state index in [1.807, 2.05) is 33.1 Å². The molecule has 2 aromatic heterocycles. The van der Waals surface area contributed by atoms with Gasteiger partial charge in [-0.15, -0.1) is 11.3 Å². The highest BCUT2D eigenvalue weighted by atomic mass is 32.1. The molecule has 0 saturated carbocycles. The van der Waals surface area contributed by atoms with Crippen molar-refractivity contribution in [3.05, 3.63) is 50.4 Å². The Balaban J connectivity index is 2.55. The monoisotopic (exact) mass is 386 g/mol. The van der Waals surface area contributed by atoms with Gasteiger partial charge in [0.2, 0.25) is 11.5 Å². The maximum absolute atomic E-state index is 13.3. The lowest BCUT2D eigenvalue weighted by Crippen LogP contribution is -2.18. The molecular weight excluding hydrogens is 364 g/mol. The quantitative estimate of drug-likeness (QED) is 0.594. The minimum absolute atomic E-state index is 0.00849. The highest BCUT2D eigenvalue weighted by molar-refractivity contribution is 7.12. The van der Waals surface area contributed by atoms with Crippen molar-refractivity contribution in [2.75, 3.05) is 0 Å². The number of aromatic carboxylic acids is 1. The number of thiophene rings is 1. The maximum Gasteiger partial charge on any atom is 0.372 e. The van der Waals surface area contributed by atoms with E-state index in [1.165, 1.54) is 11.3 Å². The molecule has 0 aliphatic carbocycles. The van der Waals surface area contributed by atoms with E-state index in [9.17, 15) is 19.8 Å². The van der Waals surface area contributed by atoms with Gasteiger partial charge in [-0.05, 0) is 35.8 Å². The van der Waals surface area contributed by atoms with E-state index in [4.69, 9.17) is 4.42 Å². The average molecular weight is 386 g/mol. The molecule has 6 heteroatoms. The van der Waals surface area contributed by atoms with Gasteiger partial charge in [-0.3, -0.25) is 4.79 Å². The SMILES string of the molecule is CCc1c(C(C)(C)C)c(O)c2c(C)c(C(=O)O)oc2c1C(=O)c1cccs1. The maximum atomic E-state index is 13.3. The van der Waals surface area contributed by atoms with Crippen LogP contribution >= 0.6 is 11.3 Å². The summed E-state index contributed by atoms with van der Waals surface area (Å²) in [6.45, 7) is 9.38. The van der Waals surface area contributed by atoms with Gasteiger partial charge in [-0.25, -0.2) is 4.79 Å². The Bertz CT molecular complexity index is 1050. The molecule has 0 saturated heterocycles. The first-order valence-corrected chi connectivity index (χ1v) is 9.60. The summed E-state index contributed by atoms with van der Waals surface area (Å²) in [6.07, 6.45) is 0.505. The standard InChI is InChI=1S/C21H22O5S/c1-6-11-14(16(22)12-8-7-9-27-12)19-13(10(2)18(26-19)20(24)25)17(23)15(11)21(3,4)5/h7-9,23H,6H2,1-5H3,(H,24,25). The average Bonchev–Trinajstić information content (AvgIpc) is 3.21. The number of fused-ring (bicyclic) bond motifs is 1. The van der Waals surface area contributed by atoms with E-state index in [0.717, 1.165) is 0 Å². The fourth-order valence-electron chi connectivity index (χ4n) is 3.64. The van der Waals surface area contributed by atoms with Crippen LogP contribution in [0.25, 0.3) is 11.0 Å². The Morgan fingerprint density at radius 3 is 2.41 bits per heavy atom. The Kier molecular flexibility index (Phi) is 4.64. The number of carbonyl (C=O) groups excluding carboxylic acids is 1. The molecule has 0 radical (unpaired) electrons. The fourth-order valence-corrected chi connectivity index (χ4v) is 4.31. The molecular formula is C21H22O5S. The number of phenols is 1. The molecule has 3 aromatic rings. The van der Waals surface area contributed by atoms with Crippen LogP contribution in [-0.2, 0) is 11.8 Å². The van der Waals surface area contributed by atoms with Gasteiger partial charge in [0.15, 0.2) is 5.58 Å². The van der Waals surface area contributed by atoms with E-state index in [-0.39, 0.29) is 22.9 Å². The summed E-state index contributed by atoms with van der Waals surface area (Å²) < 4.78 is 5.63. The number of phenolic OH excluding ortho intramolecular Hbond substituents is 1. The molecule has 2 heterocycles. The Morgan fingerprint density at radius 1 is 1.26 bits per heavy atom. The molecule has 0 amide bonds. The minimum atomic E-state index is -1.23. The number of benzene rings is 1. The topological polar surface area (TPSA) is 87.7 Å². The highest BCUT2D eigenvalue weighted by Crippen LogP contribution is 2.45. The first-order chi connectivity index (χ1) is 12.6. The number of carboxylic acid groups (broad SMARTS) is 1. The van der Waals surface area contributed by atoms with Gasteiger partial charge in [0.1, 0.15) is 5.75 Å². The first-order valence-electron chi connectivity index (χ1n) is 8.72. The predicted molar refractivity (Wildman–Crippen MR) is 105 cm³/mol. The predicted octanol–water partition coefficient (Wildman–Crippen LogP) is 5.30. The second-order valence-corrected chi connectivity index (χ2v) is 8.50. The van der Waals surface area contributed by atoms with Gasteiger partial charge in [-0.1, -0.05) is 33.8 Å². The lowest BCUT2D eigenvalue weighted by molar-refractivity contribution is 0.0663. The van der Waals surface area contributed by atoms with Crippen LogP contribution in [0.1, 0.15) is 70.2 Å². The number of rotatable bonds is 4. The number of aromatic hydroxyl groups is 1. The number of furan rings is 1. The van der Waals surface area contributed by atoms with Crippen molar-refractivity contribution in [3.63, 3.8) is 0 Å². The zero-order valence-corrected chi connectivity index (χ0v) is 16.8. The van der Waals surface area contributed by atoms with Gasteiger partial charge in [0, 0.05) is 11.1 Å². The van der Waals surface area contributed by atoms with E-state index in [2.05, 4.69) is 0 Å². The molecule has 0 atom stereocenters. The van der Waals surface area contributed by atoms with Crippen LogP contribution in [0.5, 0.6) is 5.75 Å². The van der Waals surface area contributed by atoms with Crippen molar-refractivity contribution in [1.82, 2.24) is 0 Å². The van der Waals surface area contributed by atoms with Gasteiger partial charge < -0.3 is 14.6 Å². The third-order valence-corrected chi connectivity index (χ3v) is 5.59. The molecule has 0 fully saturated rings. The smallest absolute Gasteiger partial charge is 0.372 e. The van der Waals surface area contributed by atoms with Crippen molar-refractivity contribution < 1.29 is 24.2 Å². The molecule has 142 valence electrons. The van der Waals surface area contributed by atoms with Crippen molar-refractivity contribution in [1.29, 1.82) is 0 Å². The molecule has 0 spiro atoms. The normalized spacial score (nSPS) is 11.9. The van der Waals surface area contributed by atoms with Crippen LogP contribution < -0.4 is 0 Å². The number of hydrogen-bond donors (Lipinski definition) is 2. The van der Waals surface area contributed by atoms with E-state index in [1.54, 1.807) is 19.1 Å². The molecule has 0 aliphatic heterocycles. The Labute approximate surface area is 161 Å². The summed E-state index contributed by atoms with van der Waals surface area (Å²) >= 11 is 1.32. The second kappa shape index (κ2) is 6.53. The summed E-state index contributed by atoms with van der Waals surface area (Å²) in [5, 5.41) is 22.6. The molecule has 0 aliphatic rings. The molecule has 27 heavy (non-hydrogen) atoms. The van der Waals surface area contributed by atoms with Crippen molar-refractivity contribution >= 4 is 34.1 Å². The summed E-state index contributed by atoms with van der Waals surface area (Å²) in [7, 11) is 0. The summed E-state index contributed by atoms with van der Waals surface area (Å²) in [5.74, 6) is -1.71. The van der Waals surface area contributed by atoms with Crippen LogP contribution in [0.2, 0.25) is 0 Å². The fraction of sp³-hybridized carbons (Fsp3) is 0.333. The summed E-state index contributed by atoms with van der Waals surface area (Å²) in [5.41, 5.74) is 1.71. The van der Waals surface area contributed by atoms with Crippen LogP contribution in [0.3, 0.4) is 0 Å². The van der Waals surface area contributed by atoms with Crippen LogP contribution in [-0.4, -0.2) is 22.0 Å². The molecule has 1 aromatic carbocycles. The van der Waals surface area contributed by atoms with Crippen LogP contribution in [0, 0.1) is 6.92 Å². The van der Waals surface area contributed by atoms with E-state index >= 15 is 0 Å². The summed E-state index contributed by atoms with van der Waals surface area (Å²) in [6, 6.07) is 3.53. The number of carbonyl (C=O) groups is 2. The lowest BCUT2D eigenvalue weighted by Gasteiger charge is -2.26. The van der Waals surface area contributed by atoms with Crippen molar-refractivity contribution in [2.45, 2.75) is 46.5 Å². The molecule has 0 bridgehead atoms. The second-order valence-electron chi connectivity index (χ2n) is 7.55. The highest BCUT2D eigenvalue weighted by Gasteiger charge is 2.33. The first kappa shape index (κ1) is 19.2.